The maximum absolute atomic E-state index is 9.68. The maximum atomic E-state index is 9.68. The molecule has 3 rings (SSSR count). The average molecular weight is 188 g/mol. The highest BCUT2D eigenvalue weighted by Crippen LogP contribution is 2.52. The molecule has 1 aromatic carbocycles. The smallest absolute Gasteiger partial charge is 0.0571 e. The number of benzene rings is 1. The van der Waals surface area contributed by atoms with Crippen molar-refractivity contribution >= 4 is 0 Å². The van der Waals surface area contributed by atoms with E-state index < -0.39 is 0 Å². The quantitative estimate of drug-likeness (QED) is 0.718. The largest absolute Gasteiger partial charge is 0.393 e. The van der Waals surface area contributed by atoms with Crippen molar-refractivity contribution in [1.82, 2.24) is 0 Å². The molecular formula is C13H16O. The van der Waals surface area contributed by atoms with Crippen molar-refractivity contribution in [3.05, 3.63) is 35.9 Å². The van der Waals surface area contributed by atoms with Gasteiger partial charge in [-0.15, -0.1) is 0 Å². The average Bonchev–Trinajstić information content (AvgIpc) is 2.77. The van der Waals surface area contributed by atoms with Gasteiger partial charge in [0, 0.05) is 0 Å². The summed E-state index contributed by atoms with van der Waals surface area (Å²) >= 11 is 0. The Morgan fingerprint density at radius 3 is 2.29 bits per heavy atom. The first-order valence-corrected chi connectivity index (χ1v) is 5.57. The Morgan fingerprint density at radius 1 is 0.929 bits per heavy atom. The lowest BCUT2D eigenvalue weighted by molar-refractivity contribution is 0.107. The molecule has 0 aromatic heterocycles. The second-order valence-corrected chi connectivity index (χ2v) is 4.81. The monoisotopic (exact) mass is 188 g/mol. The molecule has 0 aliphatic heterocycles. The minimum atomic E-state index is -0.0000350. The first kappa shape index (κ1) is 8.49. The van der Waals surface area contributed by atoms with Crippen LogP contribution in [0, 0.1) is 11.8 Å². The van der Waals surface area contributed by atoms with E-state index in [2.05, 4.69) is 30.3 Å². The van der Waals surface area contributed by atoms with E-state index in [4.69, 9.17) is 0 Å². The van der Waals surface area contributed by atoms with Crippen molar-refractivity contribution in [3.63, 3.8) is 0 Å². The van der Waals surface area contributed by atoms with E-state index in [1.807, 2.05) is 0 Å². The van der Waals surface area contributed by atoms with Crippen LogP contribution >= 0.6 is 0 Å². The highest BCUT2D eigenvalue weighted by Gasteiger charge is 2.45. The molecule has 14 heavy (non-hydrogen) atoms. The maximum Gasteiger partial charge on any atom is 0.0571 e. The Bertz CT molecular complexity index is 317. The van der Waals surface area contributed by atoms with Crippen molar-refractivity contribution in [2.45, 2.75) is 31.3 Å². The van der Waals surface area contributed by atoms with Gasteiger partial charge < -0.3 is 5.11 Å². The van der Waals surface area contributed by atoms with Crippen LogP contribution in [0.5, 0.6) is 0 Å². The predicted octanol–water partition coefficient (Wildman–Crippen LogP) is 2.56. The SMILES string of the molecule is O[C@@H]1C[C@@H]2C[C@H]1C[C@H]2c1ccccc1. The van der Waals surface area contributed by atoms with E-state index in [1.165, 1.54) is 18.4 Å². The van der Waals surface area contributed by atoms with E-state index in [9.17, 15) is 5.11 Å². The lowest BCUT2D eigenvalue weighted by atomic mass is 9.82. The highest BCUT2D eigenvalue weighted by molar-refractivity contribution is 5.23. The van der Waals surface area contributed by atoms with Crippen LogP contribution in [0.4, 0.5) is 0 Å². The first-order valence-electron chi connectivity index (χ1n) is 5.57. The summed E-state index contributed by atoms with van der Waals surface area (Å²) < 4.78 is 0. The summed E-state index contributed by atoms with van der Waals surface area (Å²) in [7, 11) is 0. The summed E-state index contributed by atoms with van der Waals surface area (Å²) in [5.41, 5.74) is 1.48. The zero-order valence-electron chi connectivity index (χ0n) is 8.26. The van der Waals surface area contributed by atoms with E-state index in [0.717, 1.165) is 18.3 Å². The van der Waals surface area contributed by atoms with Crippen LogP contribution in [0.1, 0.15) is 30.7 Å². The molecule has 2 aliphatic carbocycles. The lowest BCUT2D eigenvalue weighted by Crippen LogP contribution is -2.20. The van der Waals surface area contributed by atoms with Crippen LogP contribution in [-0.2, 0) is 0 Å². The summed E-state index contributed by atoms with van der Waals surface area (Å²) in [6.45, 7) is 0. The number of aliphatic hydroxyl groups excluding tert-OH is 1. The van der Waals surface area contributed by atoms with Crippen LogP contribution in [0.3, 0.4) is 0 Å². The number of hydrogen-bond donors (Lipinski definition) is 1. The standard InChI is InChI=1S/C13H16O/c14-13-8-10-6-11(13)7-12(10)9-4-2-1-3-5-9/h1-5,10-14H,6-8H2/t10-,11-,12-,13+/m0/s1. The Balaban J connectivity index is 1.84. The first-order chi connectivity index (χ1) is 6.84. The van der Waals surface area contributed by atoms with Crippen LogP contribution in [0.2, 0.25) is 0 Å². The second kappa shape index (κ2) is 3.09. The third-order valence-corrected chi connectivity index (χ3v) is 4.05. The molecule has 2 fully saturated rings. The number of fused-ring (bicyclic) bond motifs is 2. The lowest BCUT2D eigenvalue weighted by Gasteiger charge is -2.25. The number of hydrogen-bond acceptors (Lipinski definition) is 1. The van der Waals surface area contributed by atoms with Gasteiger partial charge in [0.1, 0.15) is 0 Å². The van der Waals surface area contributed by atoms with Gasteiger partial charge in [0.15, 0.2) is 0 Å². The van der Waals surface area contributed by atoms with Crippen LogP contribution in [-0.4, -0.2) is 11.2 Å². The Hall–Kier alpha value is -0.820. The molecule has 1 N–H and O–H groups in total. The minimum Gasteiger partial charge on any atom is -0.393 e. The van der Waals surface area contributed by atoms with Gasteiger partial charge in [0.2, 0.25) is 0 Å². The van der Waals surface area contributed by atoms with Gasteiger partial charge in [-0.1, -0.05) is 30.3 Å². The topological polar surface area (TPSA) is 20.2 Å². The minimum absolute atomic E-state index is 0.0000350. The molecule has 0 amide bonds. The summed E-state index contributed by atoms with van der Waals surface area (Å²) in [5.74, 6) is 2.06. The van der Waals surface area contributed by atoms with E-state index in [-0.39, 0.29) is 6.10 Å². The van der Waals surface area contributed by atoms with Gasteiger partial charge in [-0.3, -0.25) is 0 Å². The molecule has 1 aromatic rings. The van der Waals surface area contributed by atoms with Gasteiger partial charge >= 0.3 is 0 Å². The van der Waals surface area contributed by atoms with E-state index in [1.54, 1.807) is 0 Å². The molecule has 1 nitrogen and oxygen atoms in total. The second-order valence-electron chi connectivity index (χ2n) is 4.81. The fraction of sp³-hybridized carbons (Fsp3) is 0.538. The predicted molar refractivity (Wildman–Crippen MR) is 56.0 cm³/mol. The van der Waals surface area contributed by atoms with Gasteiger partial charge in [0.05, 0.1) is 6.10 Å². The summed E-state index contributed by atoms with van der Waals surface area (Å²) in [5, 5.41) is 9.68. The molecule has 0 radical (unpaired) electrons. The number of aliphatic hydroxyl groups is 1. The highest BCUT2D eigenvalue weighted by atomic mass is 16.3. The Kier molecular flexibility index (Phi) is 1.88. The molecule has 0 saturated heterocycles. The fourth-order valence-corrected chi connectivity index (χ4v) is 3.35. The van der Waals surface area contributed by atoms with Crippen molar-refractivity contribution < 1.29 is 5.11 Å². The van der Waals surface area contributed by atoms with Crippen molar-refractivity contribution in [2.75, 3.05) is 0 Å². The van der Waals surface area contributed by atoms with Crippen molar-refractivity contribution in [1.29, 1.82) is 0 Å². The molecule has 2 saturated carbocycles. The zero-order chi connectivity index (χ0) is 9.54. The van der Waals surface area contributed by atoms with Crippen LogP contribution < -0.4 is 0 Å². The van der Waals surface area contributed by atoms with E-state index in [0.29, 0.717) is 5.92 Å². The molecule has 1 heteroatoms. The number of rotatable bonds is 1. The van der Waals surface area contributed by atoms with Crippen LogP contribution in [0.25, 0.3) is 0 Å². The Labute approximate surface area is 84.8 Å². The molecule has 0 unspecified atom stereocenters. The summed E-state index contributed by atoms with van der Waals surface area (Å²) in [6, 6.07) is 10.8. The fourth-order valence-electron chi connectivity index (χ4n) is 3.35. The molecule has 74 valence electrons. The third kappa shape index (κ3) is 1.19. The summed E-state index contributed by atoms with van der Waals surface area (Å²) in [6.07, 6.45) is 3.49. The third-order valence-electron chi connectivity index (χ3n) is 4.05. The molecule has 4 atom stereocenters. The molecule has 2 bridgehead atoms. The van der Waals surface area contributed by atoms with Crippen LogP contribution in [0.15, 0.2) is 30.3 Å². The molecule has 0 heterocycles. The van der Waals surface area contributed by atoms with Crippen molar-refractivity contribution in [2.24, 2.45) is 11.8 Å². The molecule has 2 aliphatic rings. The van der Waals surface area contributed by atoms with Gasteiger partial charge in [0.25, 0.3) is 0 Å². The molecular weight excluding hydrogens is 172 g/mol. The zero-order valence-corrected chi connectivity index (χ0v) is 8.26. The van der Waals surface area contributed by atoms with E-state index >= 15 is 0 Å². The Morgan fingerprint density at radius 2 is 1.71 bits per heavy atom. The molecule has 0 spiro atoms. The van der Waals surface area contributed by atoms with Crippen molar-refractivity contribution in [3.8, 4) is 0 Å². The van der Waals surface area contributed by atoms with Gasteiger partial charge in [-0.05, 0) is 42.6 Å². The normalized spacial score (nSPS) is 40.4. The summed E-state index contributed by atoms with van der Waals surface area (Å²) in [4.78, 5) is 0. The van der Waals surface area contributed by atoms with Gasteiger partial charge in [-0.25, -0.2) is 0 Å². The van der Waals surface area contributed by atoms with Gasteiger partial charge in [-0.2, -0.15) is 0 Å².